The summed E-state index contributed by atoms with van der Waals surface area (Å²) in [4.78, 5) is 11.8. The van der Waals surface area contributed by atoms with Crippen molar-refractivity contribution in [3.8, 4) is 0 Å². The second-order valence-corrected chi connectivity index (χ2v) is 4.23. The molecule has 0 aliphatic rings. The summed E-state index contributed by atoms with van der Waals surface area (Å²) < 4.78 is 26.7. The molecule has 0 unspecified atom stereocenters. The molecule has 0 radical (unpaired) electrons. The number of hydrogen-bond acceptors (Lipinski definition) is 2. The van der Waals surface area contributed by atoms with E-state index in [0.29, 0.717) is 11.4 Å². The standard InChI is InChI=1S/C13H9ClF2N2O/c14-10-6-11(15)9(5-12(10)16)13(19)18-8-3-1-7(17)2-4-8/h1-6H,17H2,(H,18,19). The number of nitrogen functional groups attached to an aromatic ring is 1. The smallest absolute Gasteiger partial charge is 0.258 e. The minimum absolute atomic E-state index is 0.374. The van der Waals surface area contributed by atoms with E-state index in [1.165, 1.54) is 0 Å². The van der Waals surface area contributed by atoms with Gasteiger partial charge >= 0.3 is 0 Å². The van der Waals surface area contributed by atoms with Crippen molar-refractivity contribution in [1.29, 1.82) is 0 Å². The summed E-state index contributed by atoms with van der Waals surface area (Å²) in [5, 5.41) is 2.06. The monoisotopic (exact) mass is 282 g/mol. The predicted octanol–water partition coefficient (Wildman–Crippen LogP) is 3.45. The Morgan fingerprint density at radius 2 is 1.74 bits per heavy atom. The fourth-order valence-electron chi connectivity index (χ4n) is 1.46. The number of hydrogen-bond donors (Lipinski definition) is 2. The Bertz CT molecular complexity index is 629. The average molecular weight is 283 g/mol. The Kier molecular flexibility index (Phi) is 3.66. The fraction of sp³-hybridized carbons (Fsp3) is 0. The summed E-state index contributed by atoms with van der Waals surface area (Å²) in [6.07, 6.45) is 0. The molecular weight excluding hydrogens is 274 g/mol. The van der Waals surface area contributed by atoms with E-state index in [1.54, 1.807) is 24.3 Å². The van der Waals surface area contributed by atoms with Gasteiger partial charge < -0.3 is 11.1 Å². The van der Waals surface area contributed by atoms with E-state index in [0.717, 1.165) is 12.1 Å². The van der Waals surface area contributed by atoms with Gasteiger partial charge in [-0.25, -0.2) is 8.78 Å². The van der Waals surface area contributed by atoms with Crippen molar-refractivity contribution in [3.05, 3.63) is 58.6 Å². The van der Waals surface area contributed by atoms with E-state index >= 15 is 0 Å². The maximum Gasteiger partial charge on any atom is 0.258 e. The van der Waals surface area contributed by atoms with Crippen LogP contribution in [0.4, 0.5) is 20.2 Å². The number of nitrogens with two attached hydrogens (primary N) is 1. The van der Waals surface area contributed by atoms with Crippen LogP contribution in [0.2, 0.25) is 5.02 Å². The summed E-state index contributed by atoms with van der Waals surface area (Å²) >= 11 is 5.41. The van der Waals surface area contributed by atoms with Gasteiger partial charge in [0.1, 0.15) is 11.6 Å². The predicted molar refractivity (Wildman–Crippen MR) is 70.2 cm³/mol. The van der Waals surface area contributed by atoms with Crippen molar-refractivity contribution in [3.63, 3.8) is 0 Å². The second kappa shape index (κ2) is 5.24. The van der Waals surface area contributed by atoms with E-state index < -0.39 is 23.1 Å². The van der Waals surface area contributed by atoms with E-state index in [4.69, 9.17) is 17.3 Å². The van der Waals surface area contributed by atoms with Gasteiger partial charge in [-0.05, 0) is 36.4 Å². The summed E-state index contributed by atoms with van der Waals surface area (Å²) in [5.41, 5.74) is 6.03. The maximum atomic E-state index is 13.5. The van der Waals surface area contributed by atoms with Gasteiger partial charge in [0.05, 0.1) is 10.6 Å². The molecule has 0 fully saturated rings. The van der Waals surface area contributed by atoms with Gasteiger partial charge in [-0.3, -0.25) is 4.79 Å². The molecule has 2 aromatic rings. The number of carbonyl (C=O) groups excluding carboxylic acids is 1. The van der Waals surface area contributed by atoms with E-state index in [-0.39, 0.29) is 5.02 Å². The van der Waals surface area contributed by atoms with Gasteiger partial charge in [0, 0.05) is 11.4 Å². The van der Waals surface area contributed by atoms with Crippen LogP contribution in [0.1, 0.15) is 10.4 Å². The molecule has 98 valence electrons. The summed E-state index contributed by atoms with van der Waals surface area (Å²) in [6.45, 7) is 0. The zero-order valence-corrected chi connectivity index (χ0v) is 10.3. The molecule has 6 heteroatoms. The highest BCUT2D eigenvalue weighted by Crippen LogP contribution is 2.20. The maximum absolute atomic E-state index is 13.5. The largest absolute Gasteiger partial charge is 0.399 e. The van der Waals surface area contributed by atoms with Crippen LogP contribution in [0.5, 0.6) is 0 Å². The first-order valence-electron chi connectivity index (χ1n) is 5.29. The summed E-state index contributed by atoms with van der Waals surface area (Å²) in [7, 11) is 0. The highest BCUT2D eigenvalue weighted by Gasteiger charge is 2.15. The molecule has 0 atom stereocenters. The number of anilines is 2. The van der Waals surface area contributed by atoms with Crippen LogP contribution in [0.15, 0.2) is 36.4 Å². The van der Waals surface area contributed by atoms with Crippen molar-refractivity contribution < 1.29 is 13.6 Å². The molecule has 0 aliphatic carbocycles. The van der Waals surface area contributed by atoms with Crippen molar-refractivity contribution in [2.75, 3.05) is 11.1 Å². The third kappa shape index (κ3) is 3.00. The van der Waals surface area contributed by atoms with Crippen molar-refractivity contribution in [2.45, 2.75) is 0 Å². The summed E-state index contributed by atoms with van der Waals surface area (Å²) in [5.74, 6) is -2.51. The first-order valence-corrected chi connectivity index (χ1v) is 5.66. The molecule has 0 bridgehead atoms. The van der Waals surface area contributed by atoms with Crippen LogP contribution in [-0.2, 0) is 0 Å². The Labute approximate surface area is 113 Å². The Balaban J connectivity index is 2.25. The lowest BCUT2D eigenvalue weighted by atomic mass is 10.2. The highest BCUT2D eigenvalue weighted by atomic mass is 35.5. The molecule has 2 rings (SSSR count). The Morgan fingerprint density at radius 1 is 1.11 bits per heavy atom. The van der Waals surface area contributed by atoms with Crippen LogP contribution >= 0.6 is 11.6 Å². The van der Waals surface area contributed by atoms with Gasteiger partial charge in [0.15, 0.2) is 0 Å². The van der Waals surface area contributed by atoms with Gasteiger partial charge in [-0.2, -0.15) is 0 Å². The number of nitrogens with one attached hydrogen (secondary N) is 1. The minimum atomic E-state index is -0.889. The summed E-state index contributed by atoms with van der Waals surface area (Å²) in [6, 6.07) is 7.77. The number of amides is 1. The molecule has 0 heterocycles. The SMILES string of the molecule is Nc1ccc(NC(=O)c2cc(F)c(Cl)cc2F)cc1. The molecule has 3 N–H and O–H groups in total. The molecule has 19 heavy (non-hydrogen) atoms. The van der Waals surface area contributed by atoms with E-state index in [1.807, 2.05) is 0 Å². The molecule has 2 aromatic carbocycles. The van der Waals surface area contributed by atoms with Crippen LogP contribution in [0.3, 0.4) is 0 Å². The van der Waals surface area contributed by atoms with E-state index in [2.05, 4.69) is 5.32 Å². The molecular formula is C13H9ClF2N2O. The molecule has 0 saturated carbocycles. The Morgan fingerprint density at radius 3 is 2.37 bits per heavy atom. The molecule has 0 saturated heterocycles. The number of rotatable bonds is 2. The van der Waals surface area contributed by atoms with Crippen LogP contribution in [0.25, 0.3) is 0 Å². The fourth-order valence-corrected chi connectivity index (χ4v) is 1.61. The normalized spacial score (nSPS) is 10.3. The lowest BCUT2D eigenvalue weighted by Gasteiger charge is -2.07. The van der Waals surface area contributed by atoms with Gasteiger partial charge in [-0.1, -0.05) is 11.6 Å². The van der Waals surface area contributed by atoms with Gasteiger partial charge in [-0.15, -0.1) is 0 Å². The van der Waals surface area contributed by atoms with Crippen molar-refractivity contribution in [2.24, 2.45) is 0 Å². The van der Waals surface area contributed by atoms with Gasteiger partial charge in [0.25, 0.3) is 5.91 Å². The van der Waals surface area contributed by atoms with Crippen molar-refractivity contribution >= 4 is 28.9 Å². The zero-order chi connectivity index (χ0) is 14.0. The third-order valence-corrected chi connectivity index (χ3v) is 2.71. The molecule has 1 amide bonds. The molecule has 3 nitrogen and oxygen atoms in total. The molecule has 0 spiro atoms. The van der Waals surface area contributed by atoms with Gasteiger partial charge in [0.2, 0.25) is 0 Å². The lowest BCUT2D eigenvalue weighted by molar-refractivity contribution is 0.102. The van der Waals surface area contributed by atoms with Crippen LogP contribution in [0, 0.1) is 11.6 Å². The second-order valence-electron chi connectivity index (χ2n) is 3.82. The number of halogens is 3. The quantitative estimate of drug-likeness (QED) is 0.655. The van der Waals surface area contributed by atoms with Crippen LogP contribution in [-0.4, -0.2) is 5.91 Å². The molecule has 0 aliphatic heterocycles. The first-order chi connectivity index (χ1) is 8.97. The minimum Gasteiger partial charge on any atom is -0.399 e. The third-order valence-electron chi connectivity index (χ3n) is 2.42. The first kappa shape index (κ1) is 13.3. The van der Waals surface area contributed by atoms with Crippen molar-refractivity contribution in [1.82, 2.24) is 0 Å². The number of benzene rings is 2. The van der Waals surface area contributed by atoms with E-state index in [9.17, 15) is 13.6 Å². The Hall–Kier alpha value is -2.14. The number of carbonyl (C=O) groups is 1. The average Bonchev–Trinajstić information content (AvgIpc) is 2.36. The topological polar surface area (TPSA) is 55.1 Å². The zero-order valence-electron chi connectivity index (χ0n) is 9.58. The highest BCUT2D eigenvalue weighted by molar-refractivity contribution is 6.30. The lowest BCUT2D eigenvalue weighted by Crippen LogP contribution is -2.14. The molecule has 0 aromatic heterocycles. The van der Waals surface area contributed by atoms with Crippen LogP contribution < -0.4 is 11.1 Å².